The fraction of sp³-hybridized carbons (Fsp3) is 0.529. The fourth-order valence-corrected chi connectivity index (χ4v) is 2.64. The zero-order chi connectivity index (χ0) is 15.4. The number of benzene rings is 1. The molecule has 0 atom stereocenters. The van der Waals surface area contributed by atoms with Crippen LogP contribution in [0.25, 0.3) is 0 Å². The van der Waals surface area contributed by atoms with Gasteiger partial charge in [0.2, 0.25) is 5.91 Å². The molecular weight excluding hydrogens is 264 g/mol. The molecule has 1 aliphatic rings. The van der Waals surface area contributed by atoms with E-state index in [9.17, 15) is 9.59 Å². The maximum Gasteiger partial charge on any atom is 0.254 e. The summed E-state index contributed by atoms with van der Waals surface area (Å²) in [5, 5.41) is 2.80. The van der Waals surface area contributed by atoms with Gasteiger partial charge in [0.15, 0.2) is 0 Å². The molecule has 2 amide bonds. The number of nitrogens with one attached hydrogen (secondary N) is 1. The van der Waals surface area contributed by atoms with Crippen LogP contribution in [0.2, 0.25) is 0 Å². The van der Waals surface area contributed by atoms with Crippen molar-refractivity contribution in [3.8, 4) is 0 Å². The van der Waals surface area contributed by atoms with E-state index < -0.39 is 0 Å². The molecule has 0 saturated heterocycles. The van der Waals surface area contributed by atoms with E-state index >= 15 is 0 Å². The number of fused-ring (bicyclic) bond motifs is 1. The molecule has 1 heterocycles. The molecule has 1 aromatic carbocycles. The van der Waals surface area contributed by atoms with Gasteiger partial charge >= 0.3 is 0 Å². The van der Waals surface area contributed by atoms with Gasteiger partial charge in [-0.3, -0.25) is 9.59 Å². The average molecular weight is 288 g/mol. The van der Waals surface area contributed by atoms with Crippen LogP contribution in [0.5, 0.6) is 0 Å². The lowest BCUT2D eigenvalue weighted by atomic mass is 10.1. The molecular formula is C17H24N2O2. The lowest BCUT2D eigenvalue weighted by Gasteiger charge is -2.27. The highest BCUT2D eigenvalue weighted by atomic mass is 16.2. The van der Waals surface area contributed by atoms with Crippen molar-refractivity contribution in [2.75, 3.05) is 11.9 Å². The van der Waals surface area contributed by atoms with Gasteiger partial charge in [-0.15, -0.1) is 0 Å². The van der Waals surface area contributed by atoms with E-state index in [1.807, 2.05) is 30.9 Å². The molecule has 114 valence electrons. The average Bonchev–Trinajstić information content (AvgIpc) is 2.81. The molecule has 1 N–H and O–H groups in total. The van der Waals surface area contributed by atoms with Crippen LogP contribution in [0.4, 0.5) is 5.69 Å². The SMILES string of the molecule is CCCCCN(C(=O)c1ccc2c(c1)NC(=O)C2)C(C)C. The predicted molar refractivity (Wildman–Crippen MR) is 84.5 cm³/mol. The molecule has 21 heavy (non-hydrogen) atoms. The van der Waals surface area contributed by atoms with Crippen molar-refractivity contribution in [1.29, 1.82) is 0 Å². The zero-order valence-electron chi connectivity index (χ0n) is 13.1. The summed E-state index contributed by atoms with van der Waals surface area (Å²) in [4.78, 5) is 26.0. The summed E-state index contributed by atoms with van der Waals surface area (Å²) in [6, 6.07) is 5.69. The Kier molecular flexibility index (Phi) is 4.99. The molecule has 0 aromatic heterocycles. The van der Waals surface area contributed by atoms with Gasteiger partial charge in [0.1, 0.15) is 0 Å². The molecule has 1 aromatic rings. The van der Waals surface area contributed by atoms with E-state index in [2.05, 4.69) is 12.2 Å². The molecule has 0 spiro atoms. The predicted octanol–water partition coefficient (Wildman–Crippen LogP) is 3.22. The number of unbranched alkanes of at least 4 members (excludes halogenated alkanes) is 2. The molecule has 2 rings (SSSR count). The van der Waals surface area contributed by atoms with Crippen molar-refractivity contribution in [2.45, 2.75) is 52.5 Å². The second-order valence-electron chi connectivity index (χ2n) is 5.90. The number of hydrogen-bond acceptors (Lipinski definition) is 2. The zero-order valence-corrected chi connectivity index (χ0v) is 13.1. The minimum atomic E-state index is -0.00161. The van der Waals surface area contributed by atoms with E-state index in [-0.39, 0.29) is 17.9 Å². The largest absolute Gasteiger partial charge is 0.336 e. The normalized spacial score (nSPS) is 13.2. The van der Waals surface area contributed by atoms with Crippen molar-refractivity contribution in [2.24, 2.45) is 0 Å². The first-order chi connectivity index (χ1) is 10.0. The van der Waals surface area contributed by atoms with Crippen LogP contribution in [0.15, 0.2) is 18.2 Å². The summed E-state index contributed by atoms with van der Waals surface area (Å²) in [7, 11) is 0. The Labute approximate surface area is 126 Å². The number of rotatable bonds is 6. The molecule has 4 nitrogen and oxygen atoms in total. The molecule has 0 radical (unpaired) electrons. The lowest BCUT2D eigenvalue weighted by Crippen LogP contribution is -2.37. The third-order valence-corrected chi connectivity index (χ3v) is 3.87. The van der Waals surface area contributed by atoms with Crippen LogP contribution in [-0.2, 0) is 11.2 Å². The van der Waals surface area contributed by atoms with Crippen molar-refractivity contribution >= 4 is 17.5 Å². The number of amides is 2. The second kappa shape index (κ2) is 6.74. The smallest absolute Gasteiger partial charge is 0.254 e. The summed E-state index contributed by atoms with van der Waals surface area (Å²) in [5.74, 6) is 0.0447. The van der Waals surface area contributed by atoms with Gasteiger partial charge in [-0.1, -0.05) is 25.8 Å². The maximum atomic E-state index is 12.7. The van der Waals surface area contributed by atoms with Crippen molar-refractivity contribution in [1.82, 2.24) is 4.90 Å². The lowest BCUT2D eigenvalue weighted by molar-refractivity contribution is -0.115. The van der Waals surface area contributed by atoms with Gasteiger partial charge < -0.3 is 10.2 Å². The highest BCUT2D eigenvalue weighted by Gasteiger charge is 2.22. The number of hydrogen-bond donors (Lipinski definition) is 1. The monoisotopic (exact) mass is 288 g/mol. The minimum absolute atomic E-state index is 0.00161. The van der Waals surface area contributed by atoms with E-state index in [0.29, 0.717) is 12.0 Å². The van der Waals surface area contributed by atoms with E-state index in [1.165, 1.54) is 0 Å². The van der Waals surface area contributed by atoms with E-state index in [4.69, 9.17) is 0 Å². The quantitative estimate of drug-likeness (QED) is 0.817. The third-order valence-electron chi connectivity index (χ3n) is 3.87. The second-order valence-corrected chi connectivity index (χ2v) is 5.90. The highest BCUT2D eigenvalue weighted by molar-refractivity contribution is 6.02. The Balaban J connectivity index is 2.13. The van der Waals surface area contributed by atoms with Gasteiger partial charge in [0.25, 0.3) is 5.91 Å². The summed E-state index contributed by atoms with van der Waals surface area (Å²) < 4.78 is 0. The first-order valence-corrected chi connectivity index (χ1v) is 7.76. The third kappa shape index (κ3) is 3.63. The van der Waals surface area contributed by atoms with E-state index in [1.54, 1.807) is 6.07 Å². The Hall–Kier alpha value is -1.84. The van der Waals surface area contributed by atoms with Crippen molar-refractivity contribution < 1.29 is 9.59 Å². The number of carbonyl (C=O) groups excluding carboxylic acids is 2. The summed E-state index contributed by atoms with van der Waals surface area (Å²) in [5.41, 5.74) is 2.41. The summed E-state index contributed by atoms with van der Waals surface area (Å²) in [6.45, 7) is 7.02. The van der Waals surface area contributed by atoms with Crippen molar-refractivity contribution in [3.05, 3.63) is 29.3 Å². The molecule has 4 heteroatoms. The molecule has 0 bridgehead atoms. The fourth-order valence-electron chi connectivity index (χ4n) is 2.64. The Morgan fingerprint density at radius 2 is 2.10 bits per heavy atom. The molecule has 0 saturated carbocycles. The van der Waals surface area contributed by atoms with Gasteiger partial charge in [0, 0.05) is 23.8 Å². The summed E-state index contributed by atoms with van der Waals surface area (Å²) in [6.07, 6.45) is 3.72. The van der Waals surface area contributed by atoms with Crippen LogP contribution in [-0.4, -0.2) is 29.3 Å². The Morgan fingerprint density at radius 1 is 1.33 bits per heavy atom. The number of anilines is 1. The molecule has 0 aliphatic carbocycles. The van der Waals surface area contributed by atoms with Gasteiger partial charge in [-0.25, -0.2) is 0 Å². The topological polar surface area (TPSA) is 49.4 Å². The molecule has 0 unspecified atom stereocenters. The van der Waals surface area contributed by atoms with Crippen LogP contribution in [0.1, 0.15) is 56.0 Å². The first kappa shape index (κ1) is 15.5. The van der Waals surface area contributed by atoms with Crippen LogP contribution < -0.4 is 5.32 Å². The highest BCUT2D eigenvalue weighted by Crippen LogP contribution is 2.25. The van der Waals surface area contributed by atoms with Crippen molar-refractivity contribution in [3.63, 3.8) is 0 Å². The maximum absolute atomic E-state index is 12.7. The van der Waals surface area contributed by atoms with E-state index in [0.717, 1.165) is 37.1 Å². The summed E-state index contributed by atoms with van der Waals surface area (Å²) >= 11 is 0. The van der Waals surface area contributed by atoms with Crippen LogP contribution in [0, 0.1) is 0 Å². The standard InChI is InChI=1S/C17H24N2O2/c1-4-5-6-9-19(12(2)3)17(21)14-8-7-13-11-16(20)18-15(13)10-14/h7-8,10,12H,4-6,9,11H2,1-3H3,(H,18,20). The number of nitrogens with zero attached hydrogens (tertiary/aromatic N) is 1. The van der Waals surface area contributed by atoms with Gasteiger partial charge in [-0.2, -0.15) is 0 Å². The van der Waals surface area contributed by atoms with Gasteiger partial charge in [0.05, 0.1) is 6.42 Å². The van der Waals surface area contributed by atoms with Crippen LogP contribution in [0.3, 0.4) is 0 Å². The molecule has 1 aliphatic heterocycles. The van der Waals surface area contributed by atoms with Crippen LogP contribution >= 0.6 is 0 Å². The number of carbonyl (C=O) groups is 2. The minimum Gasteiger partial charge on any atom is -0.336 e. The Morgan fingerprint density at radius 3 is 2.76 bits per heavy atom. The molecule has 0 fully saturated rings. The first-order valence-electron chi connectivity index (χ1n) is 7.76. The Bertz CT molecular complexity index is 538. The van der Waals surface area contributed by atoms with Gasteiger partial charge in [-0.05, 0) is 38.0 Å².